The average molecular weight is 602 g/mol. The minimum atomic E-state index is -0.378. The summed E-state index contributed by atoms with van der Waals surface area (Å²) < 4.78 is 32.5. The van der Waals surface area contributed by atoms with E-state index < -0.39 is 0 Å². The number of nitrogens with zero attached hydrogens (tertiary/aromatic N) is 3. The van der Waals surface area contributed by atoms with Gasteiger partial charge in [-0.3, -0.25) is 4.79 Å². The number of para-hydroxylation sites is 1. The molecule has 0 spiro atoms. The zero-order valence-electron chi connectivity index (χ0n) is 22.2. The topological polar surface area (TPSA) is 78.9 Å². The summed E-state index contributed by atoms with van der Waals surface area (Å²) in [6.45, 7) is 2.27. The second-order valence-corrected chi connectivity index (χ2v) is 10.1. The third kappa shape index (κ3) is 5.59. The highest BCUT2D eigenvalue weighted by atomic mass is 35.5. The Balaban J connectivity index is 1.40. The van der Waals surface area contributed by atoms with E-state index in [9.17, 15) is 9.18 Å². The summed E-state index contributed by atoms with van der Waals surface area (Å²) in [5.74, 6) is 0.894. The molecule has 6 aromatic rings. The fraction of sp³-hybridized carbons (Fsp3) is 0.0938. The van der Waals surface area contributed by atoms with Crippen molar-refractivity contribution in [1.82, 2.24) is 9.66 Å². The molecule has 4 aromatic carbocycles. The Morgan fingerprint density at radius 2 is 1.86 bits per heavy atom. The number of hydrogen-bond acceptors (Lipinski definition) is 6. The molecule has 0 aliphatic rings. The Morgan fingerprint density at radius 1 is 1.00 bits per heavy atom. The number of fused-ring (bicyclic) bond motifs is 2. The minimum Gasteiger partial charge on any atom is -0.490 e. The average Bonchev–Trinajstić information content (AvgIpc) is 3.39. The smallest absolute Gasteiger partial charge is 0.282 e. The lowest BCUT2D eigenvalue weighted by atomic mass is 10.2. The summed E-state index contributed by atoms with van der Waals surface area (Å²) in [6.07, 6.45) is 1.48. The second kappa shape index (κ2) is 11.7. The summed E-state index contributed by atoms with van der Waals surface area (Å²) >= 11 is 12.8. The lowest BCUT2D eigenvalue weighted by Crippen LogP contribution is -2.20. The molecule has 0 unspecified atom stereocenters. The fourth-order valence-electron chi connectivity index (χ4n) is 4.49. The van der Waals surface area contributed by atoms with Gasteiger partial charge in [-0.1, -0.05) is 47.5 Å². The first kappa shape index (κ1) is 27.5. The molecule has 2 heterocycles. The van der Waals surface area contributed by atoms with Crippen molar-refractivity contribution in [2.75, 3.05) is 6.61 Å². The van der Waals surface area contributed by atoms with Crippen LogP contribution in [0.5, 0.6) is 11.5 Å². The number of rotatable bonds is 8. The van der Waals surface area contributed by atoms with E-state index in [4.69, 9.17) is 42.1 Å². The molecule has 0 aliphatic carbocycles. The normalized spacial score (nSPS) is 11.5. The van der Waals surface area contributed by atoms with Crippen molar-refractivity contribution >= 4 is 51.3 Å². The summed E-state index contributed by atoms with van der Waals surface area (Å²) in [5.41, 5.74) is 1.90. The van der Waals surface area contributed by atoms with Crippen LogP contribution in [0.2, 0.25) is 10.0 Å². The van der Waals surface area contributed by atoms with E-state index in [0.717, 1.165) is 5.39 Å². The fourth-order valence-corrected chi connectivity index (χ4v) is 4.94. The van der Waals surface area contributed by atoms with Gasteiger partial charge in [-0.2, -0.15) is 9.78 Å². The molecule has 0 N–H and O–H groups in total. The van der Waals surface area contributed by atoms with Crippen molar-refractivity contribution in [3.63, 3.8) is 0 Å². The van der Waals surface area contributed by atoms with E-state index in [0.29, 0.717) is 56.5 Å². The number of ether oxygens (including phenoxy) is 2. The van der Waals surface area contributed by atoms with Crippen molar-refractivity contribution in [3.05, 3.63) is 122 Å². The van der Waals surface area contributed by atoms with E-state index in [1.54, 1.807) is 72.8 Å². The molecule has 0 fully saturated rings. The molecule has 0 atom stereocenters. The molecule has 210 valence electrons. The number of aromatic nitrogens is 2. The monoisotopic (exact) mass is 601 g/mol. The van der Waals surface area contributed by atoms with E-state index in [1.165, 1.54) is 23.0 Å². The van der Waals surface area contributed by atoms with Crippen molar-refractivity contribution < 1.29 is 18.3 Å². The molecule has 0 bridgehead atoms. The van der Waals surface area contributed by atoms with Crippen LogP contribution in [0.25, 0.3) is 33.5 Å². The van der Waals surface area contributed by atoms with Gasteiger partial charge in [-0.05, 0) is 78.7 Å². The highest BCUT2D eigenvalue weighted by molar-refractivity contribution is 6.32. The molecule has 42 heavy (non-hydrogen) atoms. The zero-order chi connectivity index (χ0) is 29.2. The maximum atomic E-state index is 13.6. The van der Waals surface area contributed by atoms with Crippen molar-refractivity contribution in [2.24, 2.45) is 5.10 Å². The minimum absolute atomic E-state index is 0.0925. The first-order valence-electron chi connectivity index (χ1n) is 13.0. The van der Waals surface area contributed by atoms with Crippen LogP contribution in [0.3, 0.4) is 0 Å². The highest BCUT2D eigenvalue weighted by Gasteiger charge is 2.17. The van der Waals surface area contributed by atoms with Crippen LogP contribution in [0.15, 0.2) is 99.2 Å². The second-order valence-electron chi connectivity index (χ2n) is 9.29. The molecule has 6 rings (SSSR count). The lowest BCUT2D eigenvalue weighted by molar-refractivity contribution is 0.269. The van der Waals surface area contributed by atoms with Gasteiger partial charge in [0.25, 0.3) is 5.56 Å². The van der Waals surface area contributed by atoms with Crippen LogP contribution in [0.4, 0.5) is 4.39 Å². The number of halogens is 3. The van der Waals surface area contributed by atoms with Crippen LogP contribution in [0.1, 0.15) is 18.1 Å². The Labute approximate surface area is 249 Å². The number of furan rings is 1. The molecule has 0 saturated carbocycles. The maximum Gasteiger partial charge on any atom is 0.282 e. The van der Waals surface area contributed by atoms with Gasteiger partial charge in [0.05, 0.1) is 28.7 Å². The molecule has 10 heteroatoms. The van der Waals surface area contributed by atoms with Crippen LogP contribution in [-0.4, -0.2) is 22.5 Å². The van der Waals surface area contributed by atoms with Gasteiger partial charge in [0.1, 0.15) is 18.0 Å². The molecule has 7 nitrogen and oxygen atoms in total. The summed E-state index contributed by atoms with van der Waals surface area (Å²) in [6, 6.07) is 23.5. The molecule has 0 aliphatic heterocycles. The highest BCUT2D eigenvalue weighted by Crippen LogP contribution is 2.37. The van der Waals surface area contributed by atoms with E-state index >= 15 is 0 Å². The van der Waals surface area contributed by atoms with Crippen LogP contribution >= 0.6 is 23.2 Å². The molecular formula is C32H22Cl2FN3O4. The molecule has 2 aromatic heterocycles. The zero-order valence-corrected chi connectivity index (χ0v) is 23.7. The summed E-state index contributed by atoms with van der Waals surface area (Å²) in [7, 11) is 0. The molecular weight excluding hydrogens is 580 g/mol. The van der Waals surface area contributed by atoms with Gasteiger partial charge in [0, 0.05) is 10.4 Å². The van der Waals surface area contributed by atoms with Crippen molar-refractivity contribution in [3.8, 4) is 23.1 Å². The Kier molecular flexibility index (Phi) is 7.65. The predicted octanol–water partition coefficient (Wildman–Crippen LogP) is 8.12. The predicted molar refractivity (Wildman–Crippen MR) is 163 cm³/mol. The maximum absolute atomic E-state index is 13.6. The Bertz CT molecular complexity index is 2040. The third-order valence-corrected chi connectivity index (χ3v) is 6.89. The standard InChI is InChI=1S/C32H22Cl2FN3O4/c1-2-40-28-14-20(13-25(34)30(28)41-18-19-6-5-7-23(35)12-19)17-36-38-31(37-26-9-4-3-8-24(26)32(38)39)29-16-21-15-22(33)10-11-27(21)42-29/h3-17H,2,18H2,1H3. The van der Waals surface area contributed by atoms with Gasteiger partial charge in [-0.15, -0.1) is 0 Å². The quantitative estimate of drug-likeness (QED) is 0.165. The molecule has 0 amide bonds. The third-order valence-electron chi connectivity index (χ3n) is 6.38. The first-order valence-corrected chi connectivity index (χ1v) is 13.7. The van der Waals surface area contributed by atoms with Crippen LogP contribution < -0.4 is 15.0 Å². The van der Waals surface area contributed by atoms with Gasteiger partial charge < -0.3 is 13.9 Å². The lowest BCUT2D eigenvalue weighted by Gasteiger charge is -2.14. The van der Waals surface area contributed by atoms with E-state index in [-0.39, 0.29) is 28.8 Å². The van der Waals surface area contributed by atoms with Crippen molar-refractivity contribution in [2.45, 2.75) is 13.5 Å². The molecule has 0 saturated heterocycles. The SMILES string of the molecule is CCOc1cc(C=Nn2c(-c3cc4cc(Cl)ccc4o3)nc3ccccc3c2=O)cc(Cl)c1OCc1cccc(F)c1. The molecule has 0 radical (unpaired) electrons. The first-order chi connectivity index (χ1) is 20.4. The van der Waals surface area contributed by atoms with Gasteiger partial charge >= 0.3 is 0 Å². The number of benzene rings is 4. The summed E-state index contributed by atoms with van der Waals surface area (Å²) in [5, 5.41) is 6.47. The summed E-state index contributed by atoms with van der Waals surface area (Å²) in [4.78, 5) is 18.3. The van der Waals surface area contributed by atoms with Crippen molar-refractivity contribution in [1.29, 1.82) is 0 Å². The van der Waals surface area contributed by atoms with Crippen LogP contribution in [-0.2, 0) is 6.61 Å². The van der Waals surface area contributed by atoms with Crippen LogP contribution in [0, 0.1) is 5.82 Å². The number of hydrogen-bond donors (Lipinski definition) is 0. The van der Waals surface area contributed by atoms with Gasteiger partial charge in [-0.25, -0.2) is 9.37 Å². The van der Waals surface area contributed by atoms with Gasteiger partial charge in [0.15, 0.2) is 17.3 Å². The van der Waals surface area contributed by atoms with E-state index in [2.05, 4.69) is 5.10 Å². The van der Waals surface area contributed by atoms with E-state index in [1.807, 2.05) is 6.92 Å². The van der Waals surface area contributed by atoms with Gasteiger partial charge in [0.2, 0.25) is 5.82 Å². The Morgan fingerprint density at radius 3 is 2.69 bits per heavy atom. The Hall–Kier alpha value is -4.66. The largest absolute Gasteiger partial charge is 0.490 e.